The predicted molar refractivity (Wildman–Crippen MR) is 86.4 cm³/mol. The molecule has 0 fully saturated rings. The monoisotopic (exact) mass is 304 g/mol. The third-order valence-corrected chi connectivity index (χ3v) is 3.26. The zero-order valence-corrected chi connectivity index (χ0v) is 12.0. The maximum absolute atomic E-state index is 6.01. The number of pyridine rings is 1. The fourth-order valence-corrected chi connectivity index (χ4v) is 2.28. The highest BCUT2D eigenvalue weighted by atomic mass is 15.3. The quantitative estimate of drug-likeness (QED) is 0.595. The molecule has 0 bridgehead atoms. The number of para-hydroxylation sites is 2. The van der Waals surface area contributed by atoms with Gasteiger partial charge >= 0.3 is 0 Å². The van der Waals surface area contributed by atoms with Crippen LogP contribution in [0.3, 0.4) is 0 Å². The molecule has 1 aromatic carbocycles. The maximum atomic E-state index is 6.01. The second kappa shape index (κ2) is 5.34. The van der Waals surface area contributed by atoms with E-state index in [0.717, 1.165) is 16.7 Å². The fraction of sp³-hybridized carbons (Fsp3) is 0. The molecule has 112 valence electrons. The Hall–Kier alpha value is -3.55. The third kappa shape index (κ3) is 2.42. The van der Waals surface area contributed by atoms with E-state index in [1.807, 2.05) is 36.4 Å². The maximum Gasteiger partial charge on any atom is 0.241 e. The Labute approximate surface area is 131 Å². The van der Waals surface area contributed by atoms with E-state index in [0.29, 0.717) is 17.8 Å². The minimum absolute atomic E-state index is 0.324. The van der Waals surface area contributed by atoms with Crippen molar-refractivity contribution in [3.63, 3.8) is 0 Å². The Morgan fingerprint density at radius 1 is 1.00 bits per heavy atom. The lowest BCUT2D eigenvalue weighted by Crippen LogP contribution is -2.08. The zero-order chi connectivity index (χ0) is 15.6. The molecule has 23 heavy (non-hydrogen) atoms. The molecular weight excluding hydrogens is 292 g/mol. The summed E-state index contributed by atoms with van der Waals surface area (Å²) < 4.78 is 1.69. The first-order valence-electron chi connectivity index (χ1n) is 6.91. The first kappa shape index (κ1) is 13.1. The van der Waals surface area contributed by atoms with Crippen LogP contribution in [0, 0.1) is 0 Å². The van der Waals surface area contributed by atoms with E-state index < -0.39 is 0 Å². The molecule has 8 heteroatoms. The molecule has 8 nitrogen and oxygen atoms in total. The summed E-state index contributed by atoms with van der Waals surface area (Å²) in [4.78, 5) is 21.1. The molecule has 0 atom stereocenters. The van der Waals surface area contributed by atoms with Crippen LogP contribution in [0.2, 0.25) is 0 Å². The molecule has 0 aliphatic heterocycles. The molecule has 3 aromatic heterocycles. The lowest BCUT2D eigenvalue weighted by molar-refractivity contribution is 0.926. The SMILES string of the molecule is Nc1nc2ccccc2n1-c1ncnc(Nc2cccnc2)n1. The second-order valence-electron chi connectivity index (χ2n) is 4.77. The minimum Gasteiger partial charge on any atom is -0.369 e. The normalized spacial score (nSPS) is 10.8. The molecule has 4 rings (SSSR count). The number of rotatable bonds is 3. The molecule has 0 spiro atoms. The number of benzene rings is 1. The van der Waals surface area contributed by atoms with E-state index in [4.69, 9.17) is 5.73 Å². The number of fused-ring (bicyclic) bond motifs is 1. The van der Waals surface area contributed by atoms with Gasteiger partial charge in [0.1, 0.15) is 6.33 Å². The fourth-order valence-electron chi connectivity index (χ4n) is 2.28. The van der Waals surface area contributed by atoms with Crippen molar-refractivity contribution in [2.75, 3.05) is 11.1 Å². The molecule has 0 aliphatic rings. The average Bonchev–Trinajstić information content (AvgIpc) is 2.92. The van der Waals surface area contributed by atoms with Crippen molar-refractivity contribution < 1.29 is 0 Å². The molecular formula is C15H12N8. The number of anilines is 3. The van der Waals surface area contributed by atoms with E-state index in [-0.39, 0.29) is 0 Å². The van der Waals surface area contributed by atoms with E-state index >= 15 is 0 Å². The summed E-state index contributed by atoms with van der Waals surface area (Å²) in [6, 6.07) is 11.3. The van der Waals surface area contributed by atoms with Crippen LogP contribution in [0.5, 0.6) is 0 Å². The van der Waals surface area contributed by atoms with Gasteiger partial charge in [-0.2, -0.15) is 4.98 Å². The van der Waals surface area contributed by atoms with E-state index in [1.165, 1.54) is 6.33 Å². The molecule has 0 aliphatic carbocycles. The highest BCUT2D eigenvalue weighted by molar-refractivity contribution is 5.80. The number of hydrogen-bond acceptors (Lipinski definition) is 7. The van der Waals surface area contributed by atoms with Gasteiger partial charge in [0.2, 0.25) is 17.8 Å². The Morgan fingerprint density at radius 3 is 2.78 bits per heavy atom. The van der Waals surface area contributed by atoms with Gasteiger partial charge in [-0.3, -0.25) is 4.98 Å². The highest BCUT2D eigenvalue weighted by Crippen LogP contribution is 2.21. The van der Waals surface area contributed by atoms with Gasteiger partial charge in [-0.05, 0) is 24.3 Å². The van der Waals surface area contributed by atoms with Gasteiger partial charge in [0, 0.05) is 6.20 Å². The van der Waals surface area contributed by atoms with Crippen molar-refractivity contribution in [1.29, 1.82) is 0 Å². The predicted octanol–water partition coefficient (Wildman–Crippen LogP) is 1.93. The third-order valence-electron chi connectivity index (χ3n) is 3.26. The number of nitrogens with two attached hydrogens (primary N) is 1. The van der Waals surface area contributed by atoms with Gasteiger partial charge in [-0.1, -0.05) is 12.1 Å². The number of hydrogen-bond donors (Lipinski definition) is 2. The zero-order valence-electron chi connectivity index (χ0n) is 12.0. The van der Waals surface area contributed by atoms with Crippen LogP contribution in [0.1, 0.15) is 0 Å². The van der Waals surface area contributed by atoms with Crippen LogP contribution < -0.4 is 11.1 Å². The Morgan fingerprint density at radius 2 is 1.91 bits per heavy atom. The van der Waals surface area contributed by atoms with Gasteiger partial charge in [0.25, 0.3) is 0 Å². The molecule has 4 aromatic rings. The highest BCUT2D eigenvalue weighted by Gasteiger charge is 2.12. The Kier molecular flexibility index (Phi) is 3.05. The van der Waals surface area contributed by atoms with Crippen LogP contribution in [-0.2, 0) is 0 Å². The van der Waals surface area contributed by atoms with Gasteiger partial charge in [-0.25, -0.2) is 19.5 Å². The van der Waals surface area contributed by atoms with Gasteiger partial charge in [-0.15, -0.1) is 0 Å². The van der Waals surface area contributed by atoms with E-state index in [2.05, 4.69) is 30.2 Å². The van der Waals surface area contributed by atoms with Crippen LogP contribution in [-0.4, -0.2) is 29.5 Å². The molecule has 0 saturated heterocycles. The number of aromatic nitrogens is 6. The summed E-state index contributed by atoms with van der Waals surface area (Å²) in [5.41, 5.74) is 8.42. The largest absolute Gasteiger partial charge is 0.369 e. The topological polar surface area (TPSA) is 107 Å². The van der Waals surface area contributed by atoms with Gasteiger partial charge < -0.3 is 11.1 Å². The average molecular weight is 304 g/mol. The smallest absolute Gasteiger partial charge is 0.241 e. The standard InChI is InChI=1S/C15H12N8/c16-13-21-11-5-1-2-6-12(11)23(13)15-19-9-18-14(22-15)20-10-4-3-7-17-8-10/h1-9H,(H2,16,21)(H,18,19,20,22). The summed E-state index contributed by atoms with van der Waals surface area (Å²) in [7, 11) is 0. The lowest BCUT2D eigenvalue weighted by atomic mass is 10.3. The summed E-state index contributed by atoms with van der Waals surface area (Å²) in [5, 5.41) is 3.07. The van der Waals surface area contributed by atoms with Crippen molar-refractivity contribution in [1.82, 2.24) is 29.5 Å². The molecule has 3 heterocycles. The van der Waals surface area contributed by atoms with Crippen molar-refractivity contribution in [3.8, 4) is 5.95 Å². The van der Waals surface area contributed by atoms with Crippen LogP contribution in [0.25, 0.3) is 17.0 Å². The van der Waals surface area contributed by atoms with Gasteiger partial charge in [0.05, 0.1) is 22.9 Å². The van der Waals surface area contributed by atoms with Gasteiger partial charge in [0.15, 0.2) is 0 Å². The second-order valence-corrected chi connectivity index (χ2v) is 4.77. The molecule has 0 unspecified atom stereocenters. The molecule has 3 N–H and O–H groups in total. The summed E-state index contributed by atoms with van der Waals surface area (Å²) in [5.74, 6) is 1.13. The number of nitrogens with zero attached hydrogens (tertiary/aromatic N) is 6. The summed E-state index contributed by atoms with van der Waals surface area (Å²) in [6.45, 7) is 0. The molecule has 0 amide bonds. The molecule has 0 radical (unpaired) electrons. The number of nitrogens with one attached hydrogen (secondary N) is 1. The van der Waals surface area contributed by atoms with E-state index in [1.54, 1.807) is 17.0 Å². The van der Waals surface area contributed by atoms with Crippen molar-refractivity contribution >= 4 is 28.6 Å². The lowest BCUT2D eigenvalue weighted by Gasteiger charge is -2.07. The first-order chi connectivity index (χ1) is 11.3. The number of nitrogen functional groups attached to an aromatic ring is 1. The molecule has 0 saturated carbocycles. The minimum atomic E-state index is 0.324. The Balaban J connectivity index is 1.77. The van der Waals surface area contributed by atoms with Crippen LogP contribution in [0.4, 0.5) is 17.6 Å². The number of imidazole rings is 1. The van der Waals surface area contributed by atoms with Crippen molar-refractivity contribution in [2.45, 2.75) is 0 Å². The van der Waals surface area contributed by atoms with Crippen molar-refractivity contribution in [2.24, 2.45) is 0 Å². The van der Waals surface area contributed by atoms with E-state index in [9.17, 15) is 0 Å². The van der Waals surface area contributed by atoms with Crippen molar-refractivity contribution in [3.05, 3.63) is 55.1 Å². The summed E-state index contributed by atoms with van der Waals surface area (Å²) >= 11 is 0. The van der Waals surface area contributed by atoms with Crippen LogP contribution >= 0.6 is 0 Å². The Bertz CT molecular complexity index is 964. The summed E-state index contributed by atoms with van der Waals surface area (Å²) in [6.07, 6.45) is 4.81. The first-order valence-corrected chi connectivity index (χ1v) is 6.91. The van der Waals surface area contributed by atoms with Crippen LogP contribution in [0.15, 0.2) is 55.1 Å².